The van der Waals surface area contributed by atoms with E-state index in [2.05, 4.69) is 32.7 Å². The molecule has 2 heteroatoms. The van der Waals surface area contributed by atoms with Crippen LogP contribution in [0.15, 0.2) is 0 Å². The number of likely N-dealkylation sites (tertiary alicyclic amines) is 1. The van der Waals surface area contributed by atoms with E-state index in [4.69, 9.17) is 5.73 Å². The molecule has 2 rings (SSSR count). The zero-order chi connectivity index (χ0) is 11.3. The van der Waals surface area contributed by atoms with Crippen molar-refractivity contribution in [3.05, 3.63) is 0 Å². The molecule has 15 heavy (non-hydrogen) atoms. The highest BCUT2D eigenvalue weighted by atomic mass is 15.2. The fraction of sp³-hybridized carbons (Fsp3) is 1.00. The second-order valence-corrected chi connectivity index (χ2v) is 6.77. The Morgan fingerprint density at radius 1 is 1.27 bits per heavy atom. The number of rotatable bonds is 0. The van der Waals surface area contributed by atoms with Gasteiger partial charge in [0.2, 0.25) is 0 Å². The smallest absolute Gasteiger partial charge is 0.0365 e. The number of nitrogens with two attached hydrogens (primary N) is 1. The van der Waals surface area contributed by atoms with Gasteiger partial charge in [0.15, 0.2) is 0 Å². The van der Waals surface area contributed by atoms with E-state index in [-0.39, 0.29) is 0 Å². The van der Waals surface area contributed by atoms with Gasteiger partial charge in [0.25, 0.3) is 0 Å². The molecule has 1 spiro atoms. The maximum absolute atomic E-state index is 6.38. The van der Waals surface area contributed by atoms with E-state index in [1.807, 2.05) is 0 Å². The van der Waals surface area contributed by atoms with Crippen molar-refractivity contribution in [1.29, 1.82) is 0 Å². The minimum absolute atomic E-state index is 0.307. The predicted molar refractivity (Wildman–Crippen MR) is 64.7 cm³/mol. The molecule has 3 unspecified atom stereocenters. The summed E-state index contributed by atoms with van der Waals surface area (Å²) in [7, 11) is 2.26. The molecule has 1 heterocycles. The van der Waals surface area contributed by atoms with Crippen LogP contribution in [0, 0.1) is 11.3 Å². The van der Waals surface area contributed by atoms with Gasteiger partial charge in [0, 0.05) is 11.6 Å². The molecule has 0 radical (unpaired) electrons. The SMILES string of the molecule is CC1CC(C)(C)CC2(C1)C(N)CCN2C. The number of nitrogens with zero attached hydrogens (tertiary/aromatic N) is 1. The van der Waals surface area contributed by atoms with Gasteiger partial charge in [-0.25, -0.2) is 0 Å². The molecule has 1 aliphatic carbocycles. The van der Waals surface area contributed by atoms with Gasteiger partial charge in [-0.05, 0) is 50.6 Å². The summed E-state index contributed by atoms with van der Waals surface area (Å²) in [6.45, 7) is 8.39. The van der Waals surface area contributed by atoms with Crippen molar-refractivity contribution in [2.45, 2.75) is 58.0 Å². The van der Waals surface area contributed by atoms with E-state index in [9.17, 15) is 0 Å². The third kappa shape index (κ3) is 1.83. The van der Waals surface area contributed by atoms with Crippen LogP contribution in [0.5, 0.6) is 0 Å². The second kappa shape index (κ2) is 3.46. The molecule has 2 fully saturated rings. The van der Waals surface area contributed by atoms with Crippen LogP contribution in [0.1, 0.15) is 46.5 Å². The van der Waals surface area contributed by atoms with Crippen LogP contribution in [0.2, 0.25) is 0 Å². The van der Waals surface area contributed by atoms with Crippen LogP contribution in [0.25, 0.3) is 0 Å². The Balaban J connectivity index is 2.26. The van der Waals surface area contributed by atoms with E-state index in [0.717, 1.165) is 5.92 Å². The van der Waals surface area contributed by atoms with Gasteiger partial charge < -0.3 is 5.73 Å². The number of hydrogen-bond acceptors (Lipinski definition) is 2. The van der Waals surface area contributed by atoms with E-state index in [1.165, 1.54) is 32.2 Å². The van der Waals surface area contributed by atoms with Gasteiger partial charge in [-0.3, -0.25) is 4.90 Å². The molecule has 0 aromatic heterocycles. The van der Waals surface area contributed by atoms with Crippen molar-refractivity contribution < 1.29 is 0 Å². The molecular formula is C13H26N2. The van der Waals surface area contributed by atoms with E-state index in [1.54, 1.807) is 0 Å². The molecule has 2 nitrogen and oxygen atoms in total. The largest absolute Gasteiger partial charge is 0.326 e. The fourth-order valence-electron chi connectivity index (χ4n) is 4.27. The van der Waals surface area contributed by atoms with Crippen LogP contribution >= 0.6 is 0 Å². The first-order chi connectivity index (χ1) is 6.86. The summed E-state index contributed by atoms with van der Waals surface area (Å²) in [6.07, 6.45) is 5.12. The first-order valence-corrected chi connectivity index (χ1v) is 6.33. The Hall–Kier alpha value is -0.0800. The minimum Gasteiger partial charge on any atom is -0.326 e. The highest BCUT2D eigenvalue weighted by molar-refractivity contribution is 5.08. The van der Waals surface area contributed by atoms with E-state index in [0.29, 0.717) is 17.0 Å². The van der Waals surface area contributed by atoms with Gasteiger partial charge in [0.05, 0.1) is 0 Å². The summed E-state index contributed by atoms with van der Waals surface area (Å²) < 4.78 is 0. The monoisotopic (exact) mass is 210 g/mol. The van der Waals surface area contributed by atoms with Crippen molar-refractivity contribution in [3.8, 4) is 0 Å². The van der Waals surface area contributed by atoms with Crippen molar-refractivity contribution in [1.82, 2.24) is 4.90 Å². The van der Waals surface area contributed by atoms with Crippen molar-refractivity contribution >= 4 is 0 Å². The Bertz CT molecular complexity index is 237. The fourth-order valence-corrected chi connectivity index (χ4v) is 4.27. The lowest BCUT2D eigenvalue weighted by Crippen LogP contribution is -2.57. The summed E-state index contributed by atoms with van der Waals surface area (Å²) in [5.41, 5.74) is 7.15. The molecule has 2 aliphatic rings. The first-order valence-electron chi connectivity index (χ1n) is 6.33. The Kier molecular flexibility index (Phi) is 2.63. The summed E-state index contributed by atoms with van der Waals surface area (Å²) >= 11 is 0. The minimum atomic E-state index is 0.307. The van der Waals surface area contributed by atoms with Gasteiger partial charge >= 0.3 is 0 Å². The molecule has 0 aromatic carbocycles. The second-order valence-electron chi connectivity index (χ2n) is 6.77. The number of hydrogen-bond donors (Lipinski definition) is 1. The Morgan fingerprint density at radius 3 is 2.40 bits per heavy atom. The number of likely N-dealkylation sites (N-methyl/N-ethyl adjacent to an activating group) is 1. The van der Waals surface area contributed by atoms with Crippen LogP contribution in [-0.2, 0) is 0 Å². The van der Waals surface area contributed by atoms with Gasteiger partial charge in [-0.15, -0.1) is 0 Å². The lowest BCUT2D eigenvalue weighted by Gasteiger charge is -2.51. The summed E-state index contributed by atoms with van der Waals surface area (Å²) in [5, 5.41) is 0. The van der Waals surface area contributed by atoms with Crippen LogP contribution in [0.3, 0.4) is 0 Å². The third-order valence-electron chi connectivity index (χ3n) is 4.61. The third-order valence-corrected chi connectivity index (χ3v) is 4.61. The quantitative estimate of drug-likeness (QED) is 0.664. The molecule has 1 saturated heterocycles. The lowest BCUT2D eigenvalue weighted by molar-refractivity contribution is 0.0153. The van der Waals surface area contributed by atoms with Gasteiger partial charge in [-0.2, -0.15) is 0 Å². The first kappa shape index (κ1) is 11.4. The van der Waals surface area contributed by atoms with Crippen molar-refractivity contribution in [3.63, 3.8) is 0 Å². The molecular weight excluding hydrogens is 184 g/mol. The lowest BCUT2D eigenvalue weighted by atomic mass is 9.62. The Labute approximate surface area is 94.2 Å². The van der Waals surface area contributed by atoms with Crippen LogP contribution in [0.4, 0.5) is 0 Å². The van der Waals surface area contributed by atoms with Crippen LogP contribution in [-0.4, -0.2) is 30.1 Å². The maximum atomic E-state index is 6.38. The van der Waals surface area contributed by atoms with Gasteiger partial charge in [-0.1, -0.05) is 20.8 Å². The highest BCUT2D eigenvalue weighted by Crippen LogP contribution is 2.49. The normalized spacial score (nSPS) is 46.2. The summed E-state index contributed by atoms with van der Waals surface area (Å²) in [5.74, 6) is 0.820. The molecule has 0 amide bonds. The highest BCUT2D eigenvalue weighted by Gasteiger charge is 2.51. The molecule has 88 valence electrons. The zero-order valence-corrected chi connectivity index (χ0v) is 10.7. The van der Waals surface area contributed by atoms with Crippen LogP contribution < -0.4 is 5.73 Å². The zero-order valence-electron chi connectivity index (χ0n) is 10.7. The standard InChI is InChI=1S/C13H26N2/c1-10-7-12(2,3)9-13(8-10)11(14)5-6-15(13)4/h10-11H,5-9,14H2,1-4H3. The van der Waals surface area contributed by atoms with E-state index < -0.39 is 0 Å². The predicted octanol–water partition coefficient (Wildman–Crippen LogP) is 2.23. The Morgan fingerprint density at radius 2 is 1.93 bits per heavy atom. The molecule has 0 aromatic rings. The maximum Gasteiger partial charge on any atom is 0.0365 e. The average molecular weight is 210 g/mol. The topological polar surface area (TPSA) is 29.3 Å². The average Bonchev–Trinajstić information content (AvgIpc) is 2.30. The summed E-state index contributed by atoms with van der Waals surface area (Å²) in [6, 6.07) is 0.393. The molecule has 3 atom stereocenters. The summed E-state index contributed by atoms with van der Waals surface area (Å²) in [4.78, 5) is 2.54. The molecule has 0 bridgehead atoms. The van der Waals surface area contributed by atoms with Crippen molar-refractivity contribution in [2.75, 3.05) is 13.6 Å². The molecule has 2 N–H and O–H groups in total. The van der Waals surface area contributed by atoms with E-state index >= 15 is 0 Å². The molecule has 1 saturated carbocycles. The molecule has 1 aliphatic heterocycles. The van der Waals surface area contributed by atoms with Crippen molar-refractivity contribution in [2.24, 2.45) is 17.1 Å². The van der Waals surface area contributed by atoms with Gasteiger partial charge in [0.1, 0.15) is 0 Å².